The molecule has 16 heavy (non-hydrogen) atoms. The summed E-state index contributed by atoms with van der Waals surface area (Å²) in [4.78, 5) is 22.7. The fourth-order valence-corrected chi connectivity index (χ4v) is 2.30. The minimum atomic E-state index is -1.13. The third kappa shape index (κ3) is 1.88. The lowest BCUT2D eigenvalue weighted by Crippen LogP contribution is -2.42. The molecule has 1 saturated carbocycles. The molecule has 0 unspecified atom stereocenters. The van der Waals surface area contributed by atoms with Gasteiger partial charge >= 0.3 is 5.97 Å². The Hall–Kier alpha value is -0.850. The standard InChI is InChI=1S/C8H6Cl2N2O3S/c9-3-4(16-12-5(3)10)6(13)11-8(1-2-8)7(14)15/h1-2H2,(H,11,13)(H,14,15). The molecule has 0 atom stereocenters. The second-order valence-corrected chi connectivity index (χ2v) is 4.97. The first kappa shape index (κ1) is 11.6. The third-order valence-electron chi connectivity index (χ3n) is 2.32. The number of amides is 1. The van der Waals surface area contributed by atoms with E-state index in [0.717, 1.165) is 11.5 Å². The van der Waals surface area contributed by atoms with E-state index >= 15 is 0 Å². The van der Waals surface area contributed by atoms with Crippen molar-refractivity contribution >= 4 is 46.6 Å². The number of carboxylic acid groups (broad SMARTS) is 1. The zero-order chi connectivity index (χ0) is 11.9. The minimum absolute atomic E-state index is 0.0528. The van der Waals surface area contributed by atoms with E-state index in [1.54, 1.807) is 0 Å². The molecular weight excluding hydrogens is 275 g/mol. The van der Waals surface area contributed by atoms with Crippen molar-refractivity contribution in [2.45, 2.75) is 18.4 Å². The van der Waals surface area contributed by atoms with Gasteiger partial charge in [-0.15, -0.1) is 0 Å². The van der Waals surface area contributed by atoms with Crippen LogP contribution in [0.15, 0.2) is 0 Å². The molecule has 1 aliphatic rings. The van der Waals surface area contributed by atoms with Gasteiger partial charge in [-0.3, -0.25) is 4.79 Å². The van der Waals surface area contributed by atoms with Gasteiger partial charge < -0.3 is 10.4 Å². The highest BCUT2D eigenvalue weighted by molar-refractivity contribution is 7.09. The van der Waals surface area contributed by atoms with E-state index in [4.69, 9.17) is 28.3 Å². The van der Waals surface area contributed by atoms with Crippen LogP contribution in [-0.2, 0) is 4.79 Å². The van der Waals surface area contributed by atoms with Gasteiger partial charge in [-0.25, -0.2) is 4.79 Å². The Labute approximate surface area is 105 Å². The monoisotopic (exact) mass is 280 g/mol. The summed E-state index contributed by atoms with van der Waals surface area (Å²) in [5.41, 5.74) is -1.13. The summed E-state index contributed by atoms with van der Waals surface area (Å²) in [6.45, 7) is 0. The Morgan fingerprint density at radius 3 is 2.44 bits per heavy atom. The topological polar surface area (TPSA) is 79.3 Å². The van der Waals surface area contributed by atoms with Gasteiger partial charge in [0, 0.05) is 0 Å². The highest BCUT2D eigenvalue weighted by Gasteiger charge is 2.52. The molecule has 8 heteroatoms. The summed E-state index contributed by atoms with van der Waals surface area (Å²) in [6, 6.07) is 0. The summed E-state index contributed by atoms with van der Waals surface area (Å²) in [7, 11) is 0. The largest absolute Gasteiger partial charge is 0.480 e. The second kappa shape index (κ2) is 3.87. The van der Waals surface area contributed by atoms with Gasteiger partial charge in [0.15, 0.2) is 5.15 Å². The maximum absolute atomic E-state index is 11.7. The zero-order valence-corrected chi connectivity index (χ0v) is 10.1. The molecule has 1 fully saturated rings. The molecule has 1 aromatic rings. The maximum Gasteiger partial charge on any atom is 0.329 e. The molecule has 2 rings (SSSR count). The molecule has 2 N–H and O–H groups in total. The average molecular weight is 281 g/mol. The molecule has 0 saturated heterocycles. The first-order valence-electron chi connectivity index (χ1n) is 4.33. The SMILES string of the molecule is O=C(NC1(C(=O)O)CC1)c1snc(Cl)c1Cl. The van der Waals surface area contributed by atoms with E-state index < -0.39 is 17.4 Å². The smallest absolute Gasteiger partial charge is 0.329 e. The van der Waals surface area contributed by atoms with Gasteiger partial charge in [-0.1, -0.05) is 23.2 Å². The van der Waals surface area contributed by atoms with Gasteiger partial charge in [0.25, 0.3) is 5.91 Å². The molecule has 0 bridgehead atoms. The van der Waals surface area contributed by atoms with Crippen molar-refractivity contribution in [3.05, 3.63) is 15.1 Å². The van der Waals surface area contributed by atoms with E-state index in [9.17, 15) is 9.59 Å². The molecule has 1 aromatic heterocycles. The lowest BCUT2D eigenvalue weighted by atomic mass is 10.2. The second-order valence-electron chi connectivity index (χ2n) is 3.46. The summed E-state index contributed by atoms with van der Waals surface area (Å²) in [5, 5.41) is 11.4. The summed E-state index contributed by atoms with van der Waals surface area (Å²) in [6.07, 6.45) is 0.858. The van der Waals surface area contributed by atoms with Crippen LogP contribution in [0.25, 0.3) is 0 Å². The van der Waals surface area contributed by atoms with Crippen molar-refractivity contribution in [1.82, 2.24) is 9.69 Å². The molecule has 0 spiro atoms. The van der Waals surface area contributed by atoms with Crippen molar-refractivity contribution < 1.29 is 14.7 Å². The van der Waals surface area contributed by atoms with Crippen LogP contribution in [0.2, 0.25) is 10.2 Å². The third-order valence-corrected chi connectivity index (χ3v) is 4.11. The van der Waals surface area contributed by atoms with Gasteiger partial charge in [-0.2, -0.15) is 4.37 Å². The molecule has 0 aliphatic heterocycles. The highest BCUT2D eigenvalue weighted by atomic mass is 35.5. The normalized spacial score (nSPS) is 16.9. The first-order chi connectivity index (χ1) is 7.46. The van der Waals surface area contributed by atoms with Crippen LogP contribution >= 0.6 is 34.7 Å². The average Bonchev–Trinajstić information content (AvgIpc) is 2.91. The van der Waals surface area contributed by atoms with E-state index in [1.165, 1.54) is 0 Å². The molecule has 86 valence electrons. The number of aromatic nitrogens is 1. The number of hydrogen-bond donors (Lipinski definition) is 2. The summed E-state index contributed by atoms with van der Waals surface area (Å²) in [5.74, 6) is -1.58. The van der Waals surface area contributed by atoms with Gasteiger partial charge in [0.05, 0.1) is 0 Å². The Bertz CT molecular complexity index is 470. The lowest BCUT2D eigenvalue weighted by Gasteiger charge is -2.10. The van der Waals surface area contributed by atoms with E-state index in [2.05, 4.69) is 9.69 Å². The zero-order valence-electron chi connectivity index (χ0n) is 7.79. The molecule has 0 radical (unpaired) electrons. The molecule has 1 aliphatic carbocycles. The molecule has 1 heterocycles. The molecule has 5 nitrogen and oxygen atoms in total. The predicted octanol–water partition coefficient (Wildman–Crippen LogP) is 1.80. The Balaban J connectivity index is 2.15. The number of rotatable bonds is 3. The number of halogens is 2. The minimum Gasteiger partial charge on any atom is -0.480 e. The molecular formula is C8H6Cl2N2O3S. The number of nitrogens with one attached hydrogen (secondary N) is 1. The molecule has 0 aromatic carbocycles. The van der Waals surface area contributed by atoms with Crippen molar-refractivity contribution in [1.29, 1.82) is 0 Å². The van der Waals surface area contributed by atoms with Gasteiger partial charge in [0.2, 0.25) is 0 Å². The van der Waals surface area contributed by atoms with Crippen LogP contribution in [0.5, 0.6) is 0 Å². The van der Waals surface area contributed by atoms with Gasteiger partial charge in [0.1, 0.15) is 15.4 Å². The van der Waals surface area contributed by atoms with Crippen LogP contribution in [-0.4, -0.2) is 26.9 Å². The number of nitrogens with zero attached hydrogens (tertiary/aromatic N) is 1. The van der Waals surface area contributed by atoms with Crippen LogP contribution in [0.4, 0.5) is 0 Å². The van der Waals surface area contributed by atoms with E-state index in [1.807, 2.05) is 0 Å². The van der Waals surface area contributed by atoms with Crippen molar-refractivity contribution in [3.63, 3.8) is 0 Å². The number of aliphatic carboxylic acids is 1. The summed E-state index contributed by atoms with van der Waals surface area (Å²) >= 11 is 12.2. The fourth-order valence-electron chi connectivity index (χ4n) is 1.19. The number of carbonyl (C=O) groups is 2. The van der Waals surface area contributed by atoms with Crippen molar-refractivity contribution in [3.8, 4) is 0 Å². The van der Waals surface area contributed by atoms with Crippen LogP contribution in [0.3, 0.4) is 0 Å². The van der Waals surface area contributed by atoms with Crippen molar-refractivity contribution in [2.24, 2.45) is 0 Å². The Kier molecular flexibility index (Phi) is 2.81. The maximum atomic E-state index is 11.7. The van der Waals surface area contributed by atoms with Crippen LogP contribution < -0.4 is 5.32 Å². The van der Waals surface area contributed by atoms with Gasteiger partial charge in [-0.05, 0) is 24.4 Å². The first-order valence-corrected chi connectivity index (χ1v) is 5.86. The molecule has 1 amide bonds. The van der Waals surface area contributed by atoms with E-state index in [0.29, 0.717) is 12.8 Å². The van der Waals surface area contributed by atoms with Crippen LogP contribution in [0.1, 0.15) is 22.5 Å². The van der Waals surface area contributed by atoms with Crippen LogP contribution in [0, 0.1) is 0 Å². The Morgan fingerprint density at radius 1 is 1.44 bits per heavy atom. The van der Waals surface area contributed by atoms with E-state index in [-0.39, 0.29) is 15.1 Å². The quantitative estimate of drug-likeness (QED) is 0.885. The lowest BCUT2D eigenvalue weighted by molar-refractivity contribution is -0.140. The van der Waals surface area contributed by atoms with Crippen molar-refractivity contribution in [2.75, 3.05) is 0 Å². The number of carboxylic acids is 1. The predicted molar refractivity (Wildman–Crippen MR) is 59.2 cm³/mol. The number of carbonyl (C=O) groups excluding carboxylic acids is 1. The number of hydrogen-bond acceptors (Lipinski definition) is 4. The highest BCUT2D eigenvalue weighted by Crippen LogP contribution is 2.37. The Morgan fingerprint density at radius 2 is 2.06 bits per heavy atom. The summed E-state index contributed by atoms with van der Waals surface area (Å²) < 4.78 is 3.70. The fraction of sp³-hybridized carbons (Fsp3) is 0.375.